The second-order valence-corrected chi connectivity index (χ2v) is 7.69. The lowest BCUT2D eigenvalue weighted by molar-refractivity contribution is 0.104. The molecule has 3 nitrogen and oxygen atoms in total. The Morgan fingerprint density at radius 2 is 1.53 bits per heavy atom. The summed E-state index contributed by atoms with van der Waals surface area (Å²) in [7, 11) is 0. The number of carbonyl (C=O) groups excluding carboxylic acids is 1. The third-order valence-electron chi connectivity index (χ3n) is 5.47. The first kappa shape index (κ1) is 20.1. The van der Waals surface area contributed by atoms with Crippen LogP contribution in [0.1, 0.15) is 60.5 Å². The van der Waals surface area contributed by atoms with Gasteiger partial charge in [-0.15, -0.1) is 0 Å². The average Bonchev–Trinajstić information content (AvgIpc) is 3.07. The van der Waals surface area contributed by atoms with Gasteiger partial charge >= 0.3 is 0 Å². The summed E-state index contributed by atoms with van der Waals surface area (Å²) >= 11 is 0. The number of hydrogen-bond acceptors (Lipinski definition) is 3. The quantitative estimate of drug-likeness (QED) is 0.225. The predicted molar refractivity (Wildman–Crippen MR) is 123 cm³/mol. The van der Waals surface area contributed by atoms with Crippen molar-refractivity contribution in [2.45, 2.75) is 39.0 Å². The smallest absolute Gasteiger partial charge is 0.194 e. The van der Waals surface area contributed by atoms with Crippen LogP contribution in [0.4, 0.5) is 5.69 Å². The van der Waals surface area contributed by atoms with Crippen LogP contribution in [0.2, 0.25) is 0 Å². The van der Waals surface area contributed by atoms with Gasteiger partial charge in [0.25, 0.3) is 0 Å². The molecule has 0 saturated carbocycles. The van der Waals surface area contributed by atoms with E-state index in [0.29, 0.717) is 0 Å². The molecular weight excluding hydrogens is 370 g/mol. The van der Waals surface area contributed by atoms with Gasteiger partial charge in [-0.05, 0) is 59.5 Å². The van der Waals surface area contributed by atoms with Crippen LogP contribution in [0, 0.1) is 0 Å². The summed E-state index contributed by atoms with van der Waals surface area (Å²) in [6, 6.07) is 21.6. The maximum atomic E-state index is 12.6. The lowest BCUT2D eigenvalue weighted by Crippen LogP contribution is -1.97. The number of ether oxygens (including phenoxy) is 1. The molecule has 0 heterocycles. The van der Waals surface area contributed by atoms with E-state index in [1.165, 1.54) is 25.7 Å². The van der Waals surface area contributed by atoms with Gasteiger partial charge in [-0.25, -0.2) is 0 Å². The molecule has 0 atom stereocenters. The van der Waals surface area contributed by atoms with E-state index in [4.69, 9.17) is 4.74 Å². The van der Waals surface area contributed by atoms with E-state index < -0.39 is 0 Å². The summed E-state index contributed by atoms with van der Waals surface area (Å²) in [5.74, 6) is 0.970. The molecule has 4 rings (SSSR count). The highest BCUT2D eigenvalue weighted by Gasteiger charge is 2.26. The van der Waals surface area contributed by atoms with E-state index in [1.807, 2.05) is 72.9 Å². The van der Waals surface area contributed by atoms with Gasteiger partial charge in [0.05, 0.1) is 12.3 Å². The molecule has 0 bridgehead atoms. The fraction of sp³-hybridized carbons (Fsp3) is 0.259. The van der Waals surface area contributed by atoms with Crippen LogP contribution in [0.15, 0.2) is 71.7 Å². The number of ketones is 1. The second-order valence-electron chi connectivity index (χ2n) is 7.69. The fourth-order valence-electron chi connectivity index (χ4n) is 3.79. The number of carbonyl (C=O) groups is 1. The minimum Gasteiger partial charge on any atom is -0.494 e. The molecule has 3 heteroatoms. The van der Waals surface area contributed by atoms with E-state index in [1.54, 1.807) is 0 Å². The molecule has 30 heavy (non-hydrogen) atoms. The van der Waals surface area contributed by atoms with E-state index in [9.17, 15) is 4.79 Å². The Labute approximate surface area is 178 Å². The predicted octanol–water partition coefficient (Wildman–Crippen LogP) is 7.00. The highest BCUT2D eigenvalue weighted by Crippen LogP contribution is 2.38. The minimum atomic E-state index is 0.0776. The highest BCUT2D eigenvalue weighted by molar-refractivity contribution is 6.22. The van der Waals surface area contributed by atoms with Gasteiger partial charge in [-0.1, -0.05) is 62.9 Å². The van der Waals surface area contributed by atoms with Gasteiger partial charge in [-0.3, -0.25) is 9.79 Å². The van der Waals surface area contributed by atoms with Crippen molar-refractivity contribution in [2.75, 3.05) is 6.61 Å². The molecule has 0 amide bonds. The number of rotatable bonds is 9. The first-order chi connectivity index (χ1) is 14.8. The van der Waals surface area contributed by atoms with Crippen molar-refractivity contribution < 1.29 is 9.53 Å². The second kappa shape index (κ2) is 9.53. The summed E-state index contributed by atoms with van der Waals surface area (Å²) in [6.07, 6.45) is 8.01. The number of hydrogen-bond donors (Lipinski definition) is 0. The Balaban J connectivity index is 1.36. The molecule has 152 valence electrons. The number of unbranched alkanes of at least 4 members (excludes halogenated alkanes) is 4. The van der Waals surface area contributed by atoms with Gasteiger partial charge in [-0.2, -0.15) is 0 Å². The van der Waals surface area contributed by atoms with Crippen molar-refractivity contribution in [3.05, 3.63) is 83.4 Å². The Hall–Kier alpha value is -3.20. The molecule has 0 saturated heterocycles. The third kappa shape index (κ3) is 4.51. The van der Waals surface area contributed by atoms with Crippen LogP contribution >= 0.6 is 0 Å². The van der Waals surface area contributed by atoms with Gasteiger partial charge in [0, 0.05) is 17.3 Å². The topological polar surface area (TPSA) is 38.7 Å². The number of nitrogens with zero attached hydrogens (tertiary/aromatic N) is 1. The van der Waals surface area contributed by atoms with Gasteiger partial charge < -0.3 is 4.74 Å². The third-order valence-corrected chi connectivity index (χ3v) is 5.47. The molecule has 0 radical (unpaired) electrons. The van der Waals surface area contributed by atoms with Crippen molar-refractivity contribution in [1.29, 1.82) is 0 Å². The molecule has 1 aliphatic carbocycles. The van der Waals surface area contributed by atoms with Crippen LogP contribution < -0.4 is 4.74 Å². The van der Waals surface area contributed by atoms with Crippen molar-refractivity contribution in [1.82, 2.24) is 0 Å². The summed E-state index contributed by atoms with van der Waals surface area (Å²) in [5, 5.41) is 0. The van der Waals surface area contributed by atoms with Gasteiger partial charge in [0.1, 0.15) is 5.75 Å². The Morgan fingerprint density at radius 3 is 2.33 bits per heavy atom. The monoisotopic (exact) mass is 397 g/mol. The molecular formula is C27H27NO2. The van der Waals surface area contributed by atoms with Crippen molar-refractivity contribution in [2.24, 2.45) is 4.99 Å². The van der Waals surface area contributed by atoms with Crippen LogP contribution in [0.25, 0.3) is 11.1 Å². The van der Waals surface area contributed by atoms with E-state index in [-0.39, 0.29) is 5.78 Å². The molecule has 1 aliphatic rings. The van der Waals surface area contributed by atoms with Gasteiger partial charge in [0.15, 0.2) is 5.78 Å². The average molecular weight is 398 g/mol. The Morgan fingerprint density at radius 1 is 0.800 bits per heavy atom. The molecule has 0 spiro atoms. The Kier molecular flexibility index (Phi) is 6.38. The molecule has 3 aromatic rings. The highest BCUT2D eigenvalue weighted by atomic mass is 16.5. The number of benzene rings is 3. The molecule has 3 aromatic carbocycles. The normalized spacial score (nSPS) is 12.2. The fourth-order valence-corrected chi connectivity index (χ4v) is 3.79. The van der Waals surface area contributed by atoms with Crippen molar-refractivity contribution >= 4 is 17.7 Å². The van der Waals surface area contributed by atoms with Crippen LogP contribution in [0.5, 0.6) is 5.75 Å². The van der Waals surface area contributed by atoms with E-state index in [0.717, 1.165) is 52.3 Å². The maximum Gasteiger partial charge on any atom is 0.194 e. The summed E-state index contributed by atoms with van der Waals surface area (Å²) in [6.45, 7) is 2.99. The van der Waals surface area contributed by atoms with Crippen molar-refractivity contribution in [3.8, 4) is 16.9 Å². The molecule has 0 unspecified atom stereocenters. The Bertz CT molecular complexity index is 1050. The zero-order valence-electron chi connectivity index (χ0n) is 17.4. The zero-order valence-corrected chi connectivity index (χ0v) is 17.4. The van der Waals surface area contributed by atoms with Crippen molar-refractivity contribution in [3.63, 3.8) is 0 Å². The lowest BCUT2D eigenvalue weighted by Gasteiger charge is -2.06. The van der Waals surface area contributed by atoms with E-state index in [2.05, 4.69) is 11.9 Å². The van der Waals surface area contributed by atoms with Crippen LogP contribution in [-0.4, -0.2) is 18.6 Å². The maximum absolute atomic E-state index is 12.6. The number of fused-ring (bicyclic) bond motifs is 3. The zero-order chi connectivity index (χ0) is 20.8. The largest absolute Gasteiger partial charge is 0.494 e. The molecule has 0 aliphatic heterocycles. The first-order valence-corrected chi connectivity index (χ1v) is 10.8. The summed E-state index contributed by atoms with van der Waals surface area (Å²) in [4.78, 5) is 17.2. The standard InChI is InChI=1S/C27H27NO2/c1-2-3-4-5-8-17-30-22-14-11-20(12-15-22)19-28-21-13-16-24-23-9-6-7-10-25(23)27(29)26(24)18-21/h6-7,9-16,18-19H,2-5,8,17H2,1H3. The summed E-state index contributed by atoms with van der Waals surface area (Å²) < 4.78 is 5.81. The van der Waals surface area contributed by atoms with Crippen LogP contribution in [-0.2, 0) is 0 Å². The SMILES string of the molecule is CCCCCCCOc1ccc(C=Nc2ccc3c(c2)C(=O)c2ccccc2-3)cc1. The molecule has 0 fully saturated rings. The lowest BCUT2D eigenvalue weighted by atomic mass is 10.1. The molecule has 0 N–H and O–H groups in total. The summed E-state index contributed by atoms with van der Waals surface area (Å²) in [5.41, 5.74) is 5.28. The van der Waals surface area contributed by atoms with Crippen LogP contribution in [0.3, 0.4) is 0 Å². The first-order valence-electron chi connectivity index (χ1n) is 10.8. The van der Waals surface area contributed by atoms with Gasteiger partial charge in [0.2, 0.25) is 0 Å². The minimum absolute atomic E-state index is 0.0776. The molecule has 0 aromatic heterocycles. The van der Waals surface area contributed by atoms with E-state index >= 15 is 0 Å². The number of aliphatic imine (C=N–C) groups is 1.